The normalized spacial score (nSPS) is 21.6. The van der Waals surface area contributed by atoms with E-state index >= 15 is 0 Å². The minimum Gasteiger partial charge on any atom is -0.497 e. The highest BCUT2D eigenvalue weighted by atomic mass is 16.5. The van der Waals surface area contributed by atoms with Crippen molar-refractivity contribution < 1.29 is 14.3 Å². The maximum atomic E-state index is 12.4. The number of nitrogens with one attached hydrogen (secondary N) is 1. The van der Waals surface area contributed by atoms with E-state index in [2.05, 4.69) is 5.32 Å². The highest BCUT2D eigenvalue weighted by Gasteiger charge is 2.41. The zero-order valence-electron chi connectivity index (χ0n) is 12.2. The van der Waals surface area contributed by atoms with E-state index in [0.29, 0.717) is 12.1 Å². The average molecular weight is 287 g/mol. The molecule has 1 atom stereocenters. The molecule has 6 heteroatoms. The molecular weight excluding hydrogens is 270 g/mol. The van der Waals surface area contributed by atoms with Gasteiger partial charge in [0.05, 0.1) is 31.0 Å². The van der Waals surface area contributed by atoms with Gasteiger partial charge in [0, 0.05) is 14.1 Å². The highest BCUT2D eigenvalue weighted by molar-refractivity contribution is 6.01. The van der Waals surface area contributed by atoms with Crippen molar-refractivity contribution in [2.45, 2.75) is 6.04 Å². The Morgan fingerprint density at radius 3 is 2.48 bits per heavy atom. The summed E-state index contributed by atoms with van der Waals surface area (Å²) in [5.41, 5.74) is 2.28. The summed E-state index contributed by atoms with van der Waals surface area (Å²) >= 11 is 0. The van der Waals surface area contributed by atoms with Gasteiger partial charge in [0.2, 0.25) is 0 Å². The van der Waals surface area contributed by atoms with Crippen LogP contribution in [0.15, 0.2) is 35.5 Å². The molecule has 110 valence electrons. The molecule has 1 unspecified atom stereocenters. The van der Waals surface area contributed by atoms with Crippen molar-refractivity contribution >= 4 is 11.9 Å². The first-order valence-electron chi connectivity index (χ1n) is 6.69. The van der Waals surface area contributed by atoms with Crippen molar-refractivity contribution in [3.8, 4) is 5.75 Å². The number of rotatable bonds is 2. The molecule has 0 saturated carbocycles. The molecule has 2 aliphatic heterocycles. The third-order valence-electron chi connectivity index (χ3n) is 3.99. The van der Waals surface area contributed by atoms with Crippen molar-refractivity contribution in [1.82, 2.24) is 15.1 Å². The molecule has 1 aromatic rings. The Morgan fingerprint density at radius 2 is 1.86 bits per heavy atom. The first kappa shape index (κ1) is 13.5. The number of amides is 3. The Morgan fingerprint density at radius 1 is 1.19 bits per heavy atom. The maximum absolute atomic E-state index is 12.4. The van der Waals surface area contributed by atoms with E-state index in [-0.39, 0.29) is 11.9 Å². The predicted octanol–water partition coefficient (Wildman–Crippen LogP) is 1.12. The van der Waals surface area contributed by atoms with Crippen LogP contribution in [0.3, 0.4) is 0 Å². The van der Waals surface area contributed by atoms with E-state index in [9.17, 15) is 9.59 Å². The zero-order chi connectivity index (χ0) is 15.1. The lowest BCUT2D eigenvalue weighted by molar-refractivity contribution is -0.124. The molecule has 1 aromatic carbocycles. The molecule has 0 aromatic heterocycles. The lowest BCUT2D eigenvalue weighted by Crippen LogP contribution is -2.45. The van der Waals surface area contributed by atoms with Gasteiger partial charge in [-0.25, -0.2) is 4.79 Å². The molecule has 0 bridgehead atoms. The van der Waals surface area contributed by atoms with Crippen LogP contribution < -0.4 is 10.1 Å². The van der Waals surface area contributed by atoms with Crippen LogP contribution in [0.4, 0.5) is 4.79 Å². The van der Waals surface area contributed by atoms with Crippen LogP contribution in [-0.2, 0) is 4.79 Å². The molecule has 2 aliphatic rings. The van der Waals surface area contributed by atoms with Crippen molar-refractivity contribution in [3.05, 3.63) is 41.1 Å². The van der Waals surface area contributed by atoms with E-state index in [1.54, 1.807) is 26.1 Å². The summed E-state index contributed by atoms with van der Waals surface area (Å²) < 4.78 is 5.14. The fourth-order valence-electron chi connectivity index (χ4n) is 2.75. The number of carbonyl (C=O) groups is 2. The van der Waals surface area contributed by atoms with Crippen LogP contribution in [0.2, 0.25) is 0 Å². The Hall–Kier alpha value is -2.50. The third kappa shape index (κ3) is 2.03. The summed E-state index contributed by atoms with van der Waals surface area (Å²) in [5, 5.41) is 2.88. The average Bonchev–Trinajstić information content (AvgIpc) is 2.79. The minimum absolute atomic E-state index is 0.0438. The second-order valence-electron chi connectivity index (χ2n) is 5.24. The number of ether oxygens (including phenoxy) is 1. The number of urea groups is 1. The Labute approximate surface area is 123 Å². The molecule has 3 amide bonds. The predicted molar refractivity (Wildman–Crippen MR) is 76.7 cm³/mol. The molecule has 0 spiro atoms. The van der Waals surface area contributed by atoms with E-state index in [1.807, 2.05) is 24.3 Å². The smallest absolute Gasteiger partial charge is 0.322 e. The van der Waals surface area contributed by atoms with Gasteiger partial charge in [0.1, 0.15) is 5.75 Å². The van der Waals surface area contributed by atoms with Crippen molar-refractivity contribution in [1.29, 1.82) is 0 Å². The topological polar surface area (TPSA) is 61.9 Å². The number of likely N-dealkylation sites (N-methyl/N-ethyl adjacent to an activating group) is 2. The molecular formula is C15H17N3O3. The Bertz CT molecular complexity index is 636. The summed E-state index contributed by atoms with van der Waals surface area (Å²) in [6, 6.07) is 6.77. The Kier molecular flexibility index (Phi) is 3.08. The molecule has 3 rings (SSSR count). The summed E-state index contributed by atoms with van der Waals surface area (Å²) in [6.07, 6.45) is 0. The van der Waals surface area contributed by atoms with Crippen molar-refractivity contribution in [3.63, 3.8) is 0 Å². The number of benzene rings is 1. The van der Waals surface area contributed by atoms with Gasteiger partial charge in [0.25, 0.3) is 5.91 Å². The van der Waals surface area contributed by atoms with Crippen LogP contribution in [-0.4, -0.2) is 49.5 Å². The van der Waals surface area contributed by atoms with Gasteiger partial charge in [-0.3, -0.25) is 9.69 Å². The third-order valence-corrected chi connectivity index (χ3v) is 3.99. The first-order chi connectivity index (χ1) is 10.0. The van der Waals surface area contributed by atoms with Crippen LogP contribution in [0.25, 0.3) is 0 Å². The van der Waals surface area contributed by atoms with Gasteiger partial charge in [0.15, 0.2) is 0 Å². The molecule has 1 N–H and O–H groups in total. The monoisotopic (exact) mass is 287 g/mol. The first-order valence-corrected chi connectivity index (χ1v) is 6.69. The fraction of sp³-hybridized carbons (Fsp3) is 0.333. The molecule has 0 saturated heterocycles. The zero-order valence-corrected chi connectivity index (χ0v) is 12.2. The number of nitrogens with zero attached hydrogens (tertiary/aromatic N) is 2. The SMILES string of the molecule is COc1ccc(C2NC(=O)N(C)C3=C2C(=O)N(C)C3)cc1. The lowest BCUT2D eigenvalue weighted by atomic mass is 9.96. The van der Waals surface area contributed by atoms with Crippen LogP contribution in [0, 0.1) is 0 Å². The van der Waals surface area contributed by atoms with Gasteiger partial charge in [-0.2, -0.15) is 0 Å². The van der Waals surface area contributed by atoms with Crippen LogP contribution in [0.1, 0.15) is 11.6 Å². The van der Waals surface area contributed by atoms with E-state index in [0.717, 1.165) is 17.0 Å². The quantitative estimate of drug-likeness (QED) is 0.886. The molecule has 2 heterocycles. The van der Waals surface area contributed by atoms with E-state index in [4.69, 9.17) is 4.74 Å². The van der Waals surface area contributed by atoms with Crippen molar-refractivity contribution in [2.75, 3.05) is 27.7 Å². The van der Waals surface area contributed by atoms with Crippen LogP contribution >= 0.6 is 0 Å². The minimum atomic E-state index is -0.410. The van der Waals surface area contributed by atoms with Gasteiger partial charge >= 0.3 is 6.03 Å². The van der Waals surface area contributed by atoms with Gasteiger partial charge in [-0.15, -0.1) is 0 Å². The number of methoxy groups -OCH3 is 1. The maximum Gasteiger partial charge on any atom is 0.322 e. The lowest BCUT2D eigenvalue weighted by Gasteiger charge is -2.31. The van der Waals surface area contributed by atoms with E-state index < -0.39 is 6.04 Å². The number of carbonyl (C=O) groups excluding carboxylic acids is 2. The summed E-state index contributed by atoms with van der Waals surface area (Å²) in [7, 11) is 5.02. The fourth-order valence-corrected chi connectivity index (χ4v) is 2.75. The Balaban J connectivity index is 2.04. The van der Waals surface area contributed by atoms with Crippen molar-refractivity contribution in [2.24, 2.45) is 0 Å². The van der Waals surface area contributed by atoms with Gasteiger partial charge in [-0.05, 0) is 17.7 Å². The van der Waals surface area contributed by atoms with Crippen LogP contribution in [0.5, 0.6) is 5.75 Å². The summed E-state index contributed by atoms with van der Waals surface area (Å²) in [6.45, 7) is 0.463. The molecule has 0 fully saturated rings. The van der Waals surface area contributed by atoms with Gasteiger partial charge < -0.3 is 15.0 Å². The number of hydrogen-bond acceptors (Lipinski definition) is 3. The molecule has 21 heavy (non-hydrogen) atoms. The molecule has 6 nitrogen and oxygen atoms in total. The molecule has 0 radical (unpaired) electrons. The molecule has 0 aliphatic carbocycles. The summed E-state index contributed by atoms with van der Waals surface area (Å²) in [5.74, 6) is 0.694. The summed E-state index contributed by atoms with van der Waals surface area (Å²) in [4.78, 5) is 27.6. The van der Waals surface area contributed by atoms with Gasteiger partial charge in [-0.1, -0.05) is 12.1 Å². The van der Waals surface area contributed by atoms with E-state index in [1.165, 1.54) is 4.90 Å². The second-order valence-corrected chi connectivity index (χ2v) is 5.24. The highest BCUT2D eigenvalue weighted by Crippen LogP contribution is 2.35. The second kappa shape index (κ2) is 4.80. The number of hydrogen-bond donors (Lipinski definition) is 1. The standard InChI is InChI=1S/C15H17N3O3/c1-17-8-11-12(14(17)19)13(16-15(20)18(11)2)9-4-6-10(21-3)7-5-9/h4-7,13H,8H2,1-3H3,(H,16,20). The largest absolute Gasteiger partial charge is 0.497 e.